The Morgan fingerprint density at radius 3 is 1.88 bits per heavy atom. The second kappa shape index (κ2) is 13.4. The van der Waals surface area contributed by atoms with Crippen LogP contribution in [0.15, 0.2) is 16.5 Å². The van der Waals surface area contributed by atoms with E-state index in [9.17, 15) is 15.3 Å². The zero-order valence-electron chi connectivity index (χ0n) is 15.5. The smallest absolute Gasteiger partial charge is 0.433 e. The summed E-state index contributed by atoms with van der Waals surface area (Å²) in [7, 11) is 0. The minimum atomic E-state index is -0.613. The second-order valence-electron chi connectivity index (χ2n) is 6.59. The summed E-state index contributed by atoms with van der Waals surface area (Å²) in [6, 6.07) is 2.69. The van der Waals surface area contributed by atoms with Crippen LogP contribution in [0.1, 0.15) is 89.7 Å². The molecule has 1 heterocycles. The summed E-state index contributed by atoms with van der Waals surface area (Å²) < 4.78 is 5.72. The van der Waals surface area contributed by atoms with Gasteiger partial charge in [-0.15, -0.1) is 0 Å². The molecule has 0 aliphatic carbocycles. The molecule has 0 aliphatic heterocycles. The molecular formula is C19H32N2O4. The predicted octanol–water partition coefficient (Wildman–Crippen LogP) is 5.82. The molecule has 6 nitrogen and oxygen atoms in total. The van der Waals surface area contributed by atoms with Crippen LogP contribution in [0.5, 0.6) is 0 Å². The van der Waals surface area contributed by atoms with E-state index < -0.39 is 4.92 Å². The van der Waals surface area contributed by atoms with Crippen LogP contribution in [0.25, 0.3) is 0 Å². The number of hydroxylamine groups is 1. The molecule has 0 saturated carbocycles. The van der Waals surface area contributed by atoms with Gasteiger partial charge in [0, 0.05) is 6.42 Å². The van der Waals surface area contributed by atoms with Crippen molar-refractivity contribution in [1.29, 1.82) is 0 Å². The molecule has 142 valence electrons. The number of nitro groups is 1. The van der Waals surface area contributed by atoms with Crippen molar-refractivity contribution in [1.82, 2.24) is 0 Å². The minimum Gasteiger partial charge on any atom is -0.624 e. The molecule has 25 heavy (non-hydrogen) atoms. The van der Waals surface area contributed by atoms with Gasteiger partial charge in [0.25, 0.3) is 0 Å². The molecule has 0 unspecified atom stereocenters. The highest BCUT2D eigenvalue weighted by molar-refractivity contribution is 5.71. The largest absolute Gasteiger partial charge is 0.624 e. The molecule has 0 fully saturated rings. The molecule has 0 spiro atoms. The molecule has 0 amide bonds. The van der Waals surface area contributed by atoms with Gasteiger partial charge in [0.1, 0.15) is 4.92 Å². The van der Waals surface area contributed by atoms with Crippen molar-refractivity contribution < 1.29 is 14.1 Å². The molecule has 0 aliphatic rings. The van der Waals surface area contributed by atoms with Crippen LogP contribution in [-0.4, -0.2) is 22.4 Å². The summed E-state index contributed by atoms with van der Waals surface area (Å²) in [5, 5.41) is 22.2. The van der Waals surface area contributed by atoms with E-state index in [1.54, 1.807) is 0 Å². The first-order valence-electron chi connectivity index (χ1n) is 9.66. The molecular weight excluding hydrogens is 320 g/mol. The average Bonchev–Trinajstić information content (AvgIpc) is 3.04. The third-order valence-corrected chi connectivity index (χ3v) is 4.30. The van der Waals surface area contributed by atoms with Gasteiger partial charge < -0.3 is 9.62 Å². The molecule has 1 rings (SSSR count). The van der Waals surface area contributed by atoms with E-state index in [2.05, 4.69) is 6.92 Å². The first-order valence-corrected chi connectivity index (χ1v) is 9.66. The van der Waals surface area contributed by atoms with Gasteiger partial charge in [-0.3, -0.25) is 10.1 Å². The lowest BCUT2D eigenvalue weighted by Gasteiger charge is -2.04. The van der Waals surface area contributed by atoms with Gasteiger partial charge in [0.2, 0.25) is 6.21 Å². The van der Waals surface area contributed by atoms with Crippen LogP contribution < -0.4 is 0 Å². The lowest BCUT2D eigenvalue weighted by Crippen LogP contribution is -2.07. The summed E-state index contributed by atoms with van der Waals surface area (Å²) in [6.07, 6.45) is 16.3. The van der Waals surface area contributed by atoms with Gasteiger partial charge in [-0.25, -0.2) is 4.74 Å². The maximum Gasteiger partial charge on any atom is 0.433 e. The zero-order chi connectivity index (χ0) is 18.3. The average molecular weight is 352 g/mol. The van der Waals surface area contributed by atoms with Crippen molar-refractivity contribution in [3.63, 3.8) is 0 Å². The number of furan rings is 1. The molecule has 6 heteroatoms. The third kappa shape index (κ3) is 10.6. The van der Waals surface area contributed by atoms with Gasteiger partial charge in [0.05, 0.1) is 6.07 Å². The molecule has 0 saturated heterocycles. The first kappa shape index (κ1) is 21.2. The van der Waals surface area contributed by atoms with Crippen molar-refractivity contribution in [2.45, 2.75) is 84.0 Å². The number of rotatable bonds is 15. The van der Waals surface area contributed by atoms with Crippen LogP contribution in [0, 0.1) is 15.3 Å². The molecule has 1 aromatic rings. The maximum atomic E-state index is 11.7. The number of hydrogen-bond acceptors (Lipinski definition) is 4. The summed E-state index contributed by atoms with van der Waals surface area (Å²) in [4.78, 5) is 9.89. The predicted molar refractivity (Wildman–Crippen MR) is 100 cm³/mol. The topological polar surface area (TPSA) is 82.3 Å². The summed E-state index contributed by atoms with van der Waals surface area (Å²) in [5.74, 6) is -0.120. The quantitative estimate of drug-likeness (QED) is 0.0994. The van der Waals surface area contributed by atoms with Crippen LogP contribution >= 0.6 is 0 Å². The Bertz CT molecular complexity index is 511. The zero-order valence-corrected chi connectivity index (χ0v) is 15.5. The van der Waals surface area contributed by atoms with Gasteiger partial charge >= 0.3 is 5.88 Å². The van der Waals surface area contributed by atoms with Crippen LogP contribution in [-0.2, 0) is 0 Å². The summed E-state index contributed by atoms with van der Waals surface area (Å²) in [5.41, 5.74) is 0. The van der Waals surface area contributed by atoms with Crippen LogP contribution in [0.3, 0.4) is 0 Å². The number of hydrogen-bond donors (Lipinski definition) is 0. The first-order chi connectivity index (χ1) is 12.1. The normalized spacial score (nSPS) is 11.8. The number of nitrogens with zero attached hydrogens (tertiary/aromatic N) is 2. The minimum absolute atomic E-state index is 0.223. The van der Waals surface area contributed by atoms with E-state index >= 15 is 0 Å². The fraction of sp³-hybridized carbons (Fsp3) is 0.737. The van der Waals surface area contributed by atoms with E-state index in [1.807, 2.05) is 0 Å². The molecule has 0 bridgehead atoms. The van der Waals surface area contributed by atoms with E-state index in [0.29, 0.717) is 6.54 Å². The molecule has 0 aromatic carbocycles. The Morgan fingerprint density at radius 2 is 1.40 bits per heavy atom. The van der Waals surface area contributed by atoms with Crippen molar-refractivity contribution in [2.24, 2.45) is 0 Å². The Hall–Kier alpha value is -1.85. The van der Waals surface area contributed by atoms with Gasteiger partial charge in [-0.1, -0.05) is 71.1 Å². The van der Waals surface area contributed by atoms with E-state index in [4.69, 9.17) is 4.42 Å². The van der Waals surface area contributed by atoms with Crippen LogP contribution in [0.2, 0.25) is 0 Å². The molecule has 0 radical (unpaired) electrons. The highest BCUT2D eigenvalue weighted by Crippen LogP contribution is 2.14. The van der Waals surface area contributed by atoms with E-state index in [0.717, 1.165) is 24.0 Å². The Labute approximate surface area is 150 Å². The van der Waals surface area contributed by atoms with E-state index in [-0.39, 0.29) is 11.6 Å². The lowest BCUT2D eigenvalue weighted by atomic mass is 10.1. The van der Waals surface area contributed by atoms with Crippen molar-refractivity contribution in [3.8, 4) is 0 Å². The fourth-order valence-electron chi connectivity index (χ4n) is 2.82. The Morgan fingerprint density at radius 1 is 0.880 bits per heavy atom. The van der Waals surface area contributed by atoms with Gasteiger partial charge in [-0.05, 0) is 12.5 Å². The van der Waals surface area contributed by atoms with Gasteiger partial charge in [-0.2, -0.15) is 0 Å². The molecule has 0 N–H and O–H groups in total. The van der Waals surface area contributed by atoms with Gasteiger partial charge in [0.15, 0.2) is 12.3 Å². The highest BCUT2D eigenvalue weighted by Gasteiger charge is 2.12. The SMILES string of the molecule is CCCCCCCCCCCCCC[N+]([O-])=Cc1ccc([N+](=O)[O-])o1. The molecule has 1 aromatic heterocycles. The lowest BCUT2D eigenvalue weighted by molar-refractivity contribution is -0.453. The summed E-state index contributed by atoms with van der Waals surface area (Å²) in [6.45, 7) is 2.64. The van der Waals surface area contributed by atoms with E-state index in [1.165, 1.54) is 76.1 Å². The Balaban J connectivity index is 1.98. The second-order valence-corrected chi connectivity index (χ2v) is 6.59. The van der Waals surface area contributed by atoms with Crippen LogP contribution in [0.4, 0.5) is 5.88 Å². The highest BCUT2D eigenvalue weighted by atomic mass is 16.6. The monoisotopic (exact) mass is 352 g/mol. The molecule has 0 atom stereocenters. The van der Waals surface area contributed by atoms with Crippen molar-refractivity contribution in [2.75, 3.05) is 6.54 Å². The fourth-order valence-corrected chi connectivity index (χ4v) is 2.82. The van der Waals surface area contributed by atoms with Crippen molar-refractivity contribution >= 4 is 12.1 Å². The summed E-state index contributed by atoms with van der Waals surface area (Å²) >= 11 is 0. The standard InChI is InChI=1S/C19H32N2O4/c1-2-3-4-5-6-7-8-9-10-11-12-13-16-20(22)17-18-14-15-19(25-18)21(23)24/h14-15,17H,2-13,16H2,1H3. The van der Waals surface area contributed by atoms with Crippen molar-refractivity contribution in [3.05, 3.63) is 33.2 Å². The maximum absolute atomic E-state index is 11.7. The number of unbranched alkanes of at least 4 members (excludes halogenated alkanes) is 11. The third-order valence-electron chi connectivity index (χ3n) is 4.30. The Kier molecular flexibility index (Phi) is 11.4.